The third-order valence-electron chi connectivity index (χ3n) is 6.19. The molecule has 1 aliphatic carbocycles. The van der Waals surface area contributed by atoms with Crippen LogP contribution in [0.4, 0.5) is 0 Å². The van der Waals surface area contributed by atoms with Gasteiger partial charge >= 0.3 is 0 Å². The first-order valence-corrected chi connectivity index (χ1v) is 15.5. The molecule has 1 aliphatic heterocycles. The summed E-state index contributed by atoms with van der Waals surface area (Å²) in [4.78, 5) is 37.0. The van der Waals surface area contributed by atoms with Gasteiger partial charge in [-0.3, -0.25) is 9.59 Å². The summed E-state index contributed by atoms with van der Waals surface area (Å²) in [5, 5.41) is 2.88. The molecule has 2 aromatic heterocycles. The van der Waals surface area contributed by atoms with Crippen LogP contribution in [-0.2, 0) is 16.3 Å². The van der Waals surface area contributed by atoms with Crippen molar-refractivity contribution in [1.82, 2.24) is 24.8 Å². The quantitative estimate of drug-likeness (QED) is 0.461. The zero-order chi connectivity index (χ0) is 22.9. The number of hydrogen-bond donors (Lipinski definition) is 1. The van der Waals surface area contributed by atoms with E-state index in [0.29, 0.717) is 36.0 Å². The number of likely N-dealkylation sites (tertiary alicyclic amines) is 1. The van der Waals surface area contributed by atoms with Gasteiger partial charge in [-0.25, -0.2) is 9.97 Å². The van der Waals surface area contributed by atoms with Crippen LogP contribution in [-0.4, -0.2) is 65.1 Å². The number of carbonyl (C=O) groups excluding carboxylic acids is 2. The molecule has 1 saturated heterocycles. The van der Waals surface area contributed by atoms with Crippen molar-refractivity contribution < 1.29 is 14.3 Å². The van der Waals surface area contributed by atoms with Crippen LogP contribution in [0.2, 0.25) is 25.7 Å². The lowest BCUT2D eigenvalue weighted by molar-refractivity contribution is -0.131. The van der Waals surface area contributed by atoms with Crippen LogP contribution < -0.4 is 5.32 Å². The van der Waals surface area contributed by atoms with Gasteiger partial charge in [0.25, 0.3) is 5.91 Å². The van der Waals surface area contributed by atoms with Crippen LogP contribution in [0.25, 0.3) is 11.2 Å². The molecule has 2 aromatic rings. The van der Waals surface area contributed by atoms with Crippen LogP contribution in [0, 0.1) is 0 Å². The van der Waals surface area contributed by atoms with Gasteiger partial charge in [0.15, 0.2) is 5.65 Å². The standard InChI is InChI=1S/C23H35N5O3Si/c1-16(23(30)27-9-5-6-10-27)25-22(29)18-14-28(15-31-11-12-32(2,3)4)21-20(18)26-19(13-24-21)17-7-8-17/h13-14,16-17H,5-12,15H2,1-4H3,(H,25,29)/t16-/m1/s1. The first-order chi connectivity index (χ1) is 15.2. The molecule has 1 N–H and O–H groups in total. The monoisotopic (exact) mass is 457 g/mol. The normalized spacial score (nSPS) is 17.7. The lowest BCUT2D eigenvalue weighted by Gasteiger charge is -2.20. The van der Waals surface area contributed by atoms with Crippen LogP contribution in [0.3, 0.4) is 0 Å². The topological polar surface area (TPSA) is 89.4 Å². The third kappa shape index (κ3) is 5.37. The van der Waals surface area contributed by atoms with E-state index in [1.165, 1.54) is 0 Å². The Morgan fingerprint density at radius 3 is 2.62 bits per heavy atom. The maximum Gasteiger partial charge on any atom is 0.255 e. The largest absolute Gasteiger partial charge is 0.361 e. The Kier molecular flexibility index (Phi) is 6.66. The molecule has 0 radical (unpaired) electrons. The van der Waals surface area contributed by atoms with E-state index in [1.807, 2.05) is 15.7 Å². The van der Waals surface area contributed by atoms with E-state index in [9.17, 15) is 9.59 Å². The summed E-state index contributed by atoms with van der Waals surface area (Å²) >= 11 is 0. The molecule has 1 atom stereocenters. The second kappa shape index (κ2) is 9.31. The number of aromatic nitrogens is 3. The van der Waals surface area contributed by atoms with Gasteiger partial charge in [-0.05, 0) is 38.7 Å². The molecular formula is C23H35N5O3Si. The molecule has 0 aromatic carbocycles. The number of nitrogens with one attached hydrogen (secondary N) is 1. The molecule has 1 saturated carbocycles. The maximum absolute atomic E-state index is 13.2. The van der Waals surface area contributed by atoms with Crippen molar-refractivity contribution in [1.29, 1.82) is 0 Å². The van der Waals surface area contributed by atoms with Crippen molar-refractivity contribution in [3.8, 4) is 0 Å². The predicted octanol–water partition coefficient (Wildman–Crippen LogP) is 3.36. The predicted molar refractivity (Wildman–Crippen MR) is 126 cm³/mol. The van der Waals surface area contributed by atoms with Gasteiger partial charge in [-0.15, -0.1) is 0 Å². The SMILES string of the molecule is C[C@@H](NC(=O)c1cn(COCC[Si](C)(C)C)c2ncc(C3CC3)nc12)C(=O)N1CCCC1. The number of ether oxygens (including phenoxy) is 1. The third-order valence-corrected chi connectivity index (χ3v) is 7.89. The Bertz CT molecular complexity index is 989. The van der Waals surface area contributed by atoms with Crippen LogP contribution in [0.5, 0.6) is 0 Å². The second-order valence-electron chi connectivity index (χ2n) is 10.3. The van der Waals surface area contributed by atoms with Crippen LogP contribution >= 0.6 is 0 Å². The zero-order valence-electron chi connectivity index (χ0n) is 19.7. The molecule has 2 aliphatic rings. The molecule has 0 bridgehead atoms. The Morgan fingerprint density at radius 2 is 1.97 bits per heavy atom. The number of rotatable bonds is 9. The van der Waals surface area contributed by atoms with Gasteiger partial charge in [0, 0.05) is 39.9 Å². The smallest absolute Gasteiger partial charge is 0.255 e. The van der Waals surface area contributed by atoms with Crippen molar-refractivity contribution in [2.75, 3.05) is 19.7 Å². The first-order valence-electron chi connectivity index (χ1n) is 11.8. The van der Waals surface area contributed by atoms with E-state index >= 15 is 0 Å². The van der Waals surface area contributed by atoms with Crippen molar-refractivity contribution in [3.63, 3.8) is 0 Å². The molecule has 2 fully saturated rings. The van der Waals surface area contributed by atoms with Crippen molar-refractivity contribution in [2.45, 2.75) is 77.0 Å². The van der Waals surface area contributed by atoms with E-state index in [4.69, 9.17) is 9.72 Å². The number of hydrogen-bond acceptors (Lipinski definition) is 5. The van der Waals surface area contributed by atoms with E-state index in [1.54, 1.807) is 13.1 Å². The molecular weight excluding hydrogens is 422 g/mol. The molecule has 174 valence electrons. The van der Waals surface area contributed by atoms with Gasteiger partial charge in [0.2, 0.25) is 5.91 Å². The second-order valence-corrected chi connectivity index (χ2v) is 16.0. The Labute approximate surface area is 190 Å². The highest BCUT2D eigenvalue weighted by Gasteiger charge is 2.29. The Morgan fingerprint density at radius 1 is 1.25 bits per heavy atom. The summed E-state index contributed by atoms with van der Waals surface area (Å²) in [6, 6.07) is 0.499. The van der Waals surface area contributed by atoms with E-state index in [2.05, 4.69) is 29.9 Å². The molecule has 32 heavy (non-hydrogen) atoms. The summed E-state index contributed by atoms with van der Waals surface area (Å²) in [6.07, 6.45) is 7.86. The zero-order valence-corrected chi connectivity index (χ0v) is 20.7. The number of carbonyl (C=O) groups is 2. The fraction of sp³-hybridized carbons (Fsp3) is 0.652. The molecule has 2 amide bonds. The molecule has 0 spiro atoms. The average molecular weight is 458 g/mol. The fourth-order valence-corrected chi connectivity index (χ4v) is 4.75. The molecule has 9 heteroatoms. The van der Waals surface area contributed by atoms with E-state index < -0.39 is 14.1 Å². The minimum absolute atomic E-state index is 0.0287. The van der Waals surface area contributed by atoms with E-state index in [0.717, 1.165) is 50.5 Å². The number of fused-ring (bicyclic) bond motifs is 1. The lowest BCUT2D eigenvalue weighted by Crippen LogP contribution is -2.45. The van der Waals surface area contributed by atoms with Gasteiger partial charge < -0.3 is 19.5 Å². The highest BCUT2D eigenvalue weighted by atomic mass is 28.3. The Balaban J connectivity index is 1.52. The summed E-state index contributed by atoms with van der Waals surface area (Å²) in [5.41, 5.74) is 2.61. The van der Waals surface area contributed by atoms with Gasteiger partial charge in [0.1, 0.15) is 18.3 Å². The minimum atomic E-state index is -1.18. The van der Waals surface area contributed by atoms with Gasteiger partial charge in [-0.2, -0.15) is 0 Å². The van der Waals surface area contributed by atoms with Crippen molar-refractivity contribution >= 4 is 31.1 Å². The maximum atomic E-state index is 13.2. The Hall–Kier alpha value is -2.26. The molecule has 8 nitrogen and oxygen atoms in total. The van der Waals surface area contributed by atoms with E-state index in [-0.39, 0.29) is 11.8 Å². The average Bonchev–Trinajstić information content (AvgIpc) is 3.32. The van der Waals surface area contributed by atoms with Crippen LogP contribution in [0.1, 0.15) is 54.6 Å². The first kappa shape index (κ1) is 22.9. The fourth-order valence-electron chi connectivity index (χ4n) is 3.99. The van der Waals surface area contributed by atoms with Crippen molar-refractivity contribution in [3.05, 3.63) is 23.7 Å². The summed E-state index contributed by atoms with van der Waals surface area (Å²) < 4.78 is 7.76. The minimum Gasteiger partial charge on any atom is -0.361 e. The highest BCUT2D eigenvalue weighted by molar-refractivity contribution is 6.76. The molecule has 3 heterocycles. The summed E-state index contributed by atoms with van der Waals surface area (Å²) in [6.45, 7) is 11.3. The van der Waals surface area contributed by atoms with Gasteiger partial charge in [0.05, 0.1) is 17.5 Å². The number of nitrogens with zero attached hydrogens (tertiary/aromatic N) is 4. The van der Waals surface area contributed by atoms with Gasteiger partial charge in [-0.1, -0.05) is 19.6 Å². The molecule has 0 unspecified atom stereocenters. The van der Waals surface area contributed by atoms with Crippen molar-refractivity contribution in [2.24, 2.45) is 0 Å². The highest BCUT2D eigenvalue weighted by Crippen LogP contribution is 2.39. The lowest BCUT2D eigenvalue weighted by atomic mass is 10.2. The summed E-state index contributed by atoms with van der Waals surface area (Å²) in [7, 11) is -1.18. The summed E-state index contributed by atoms with van der Waals surface area (Å²) in [5.74, 6) is 0.118. The van der Waals surface area contributed by atoms with Crippen LogP contribution in [0.15, 0.2) is 12.4 Å². The number of amides is 2. The molecule has 4 rings (SSSR count).